The number of aromatic nitrogens is 2. The van der Waals surface area contributed by atoms with Crippen LogP contribution in [0.2, 0.25) is 0 Å². The number of hydrogen-bond acceptors (Lipinski definition) is 2. The second-order valence-corrected chi connectivity index (χ2v) is 3.85. The van der Waals surface area contributed by atoms with Crippen molar-refractivity contribution >= 4 is 0 Å². The normalized spacial score (nSPS) is 16.5. The largest absolute Gasteiger partial charge is 0.330 e. The number of rotatable bonds is 4. The lowest BCUT2D eigenvalue weighted by Gasteiger charge is -2.03. The fourth-order valence-electron chi connectivity index (χ4n) is 1.86. The molecule has 13 heavy (non-hydrogen) atoms. The van der Waals surface area contributed by atoms with Crippen LogP contribution in [0, 0.1) is 0 Å². The van der Waals surface area contributed by atoms with Crippen LogP contribution in [0.3, 0.4) is 0 Å². The van der Waals surface area contributed by atoms with E-state index in [0.29, 0.717) is 0 Å². The Morgan fingerprint density at radius 3 is 3.00 bits per heavy atom. The van der Waals surface area contributed by atoms with Gasteiger partial charge in [-0.2, -0.15) is 5.10 Å². The minimum atomic E-state index is 0.777. The number of hydrogen-bond donors (Lipinski definition) is 1. The maximum absolute atomic E-state index is 5.50. The highest BCUT2D eigenvalue weighted by atomic mass is 15.3. The minimum absolute atomic E-state index is 0.777. The summed E-state index contributed by atoms with van der Waals surface area (Å²) < 4.78 is 2.03. The average molecular weight is 179 g/mol. The first-order valence-electron chi connectivity index (χ1n) is 5.03. The molecule has 1 aromatic rings. The molecule has 0 unspecified atom stereocenters. The van der Waals surface area contributed by atoms with E-state index in [4.69, 9.17) is 5.73 Å². The van der Waals surface area contributed by atoms with Gasteiger partial charge < -0.3 is 5.73 Å². The second-order valence-electron chi connectivity index (χ2n) is 3.85. The molecule has 0 atom stereocenters. The van der Waals surface area contributed by atoms with Crippen molar-refractivity contribution in [3.8, 4) is 0 Å². The maximum Gasteiger partial charge on any atom is 0.0524 e. The Labute approximate surface area is 78.9 Å². The summed E-state index contributed by atoms with van der Waals surface area (Å²) in [5, 5.41) is 4.31. The Bertz CT molecular complexity index is 286. The van der Waals surface area contributed by atoms with E-state index in [9.17, 15) is 0 Å². The fourth-order valence-corrected chi connectivity index (χ4v) is 1.86. The smallest absolute Gasteiger partial charge is 0.0524 e. The fraction of sp³-hybridized carbons (Fsp3) is 0.700. The van der Waals surface area contributed by atoms with Crippen molar-refractivity contribution in [1.82, 2.24) is 9.78 Å². The molecule has 0 radical (unpaired) electrons. The predicted octanol–water partition coefficient (Wildman–Crippen LogP) is 1.19. The van der Waals surface area contributed by atoms with Gasteiger partial charge in [-0.15, -0.1) is 0 Å². The van der Waals surface area contributed by atoms with Crippen LogP contribution in [0.15, 0.2) is 6.20 Å². The van der Waals surface area contributed by atoms with E-state index in [0.717, 1.165) is 25.3 Å². The molecule has 0 spiro atoms. The molecule has 1 saturated carbocycles. The molecule has 1 heterocycles. The van der Waals surface area contributed by atoms with Gasteiger partial charge in [0, 0.05) is 18.7 Å². The summed E-state index contributed by atoms with van der Waals surface area (Å²) in [5.74, 6) is 0.792. The average Bonchev–Trinajstić information content (AvgIpc) is 2.88. The van der Waals surface area contributed by atoms with Gasteiger partial charge in [-0.3, -0.25) is 4.68 Å². The van der Waals surface area contributed by atoms with E-state index in [2.05, 4.69) is 5.10 Å². The molecule has 0 bridgehead atoms. The lowest BCUT2D eigenvalue weighted by Crippen LogP contribution is -2.03. The first-order chi connectivity index (χ1) is 6.33. The van der Waals surface area contributed by atoms with Gasteiger partial charge in [0.05, 0.1) is 6.20 Å². The topological polar surface area (TPSA) is 43.8 Å². The van der Waals surface area contributed by atoms with E-state index in [1.807, 2.05) is 17.9 Å². The van der Waals surface area contributed by atoms with Crippen molar-refractivity contribution in [3.63, 3.8) is 0 Å². The van der Waals surface area contributed by atoms with Gasteiger partial charge in [-0.05, 0) is 37.8 Å². The molecule has 1 aliphatic rings. The minimum Gasteiger partial charge on any atom is -0.330 e. The Hall–Kier alpha value is -0.830. The van der Waals surface area contributed by atoms with Gasteiger partial charge in [0.1, 0.15) is 0 Å². The zero-order chi connectivity index (χ0) is 9.26. The quantitative estimate of drug-likeness (QED) is 0.754. The zero-order valence-electron chi connectivity index (χ0n) is 8.16. The number of nitrogens with zero attached hydrogens (tertiary/aromatic N) is 2. The molecule has 0 amide bonds. The third kappa shape index (κ3) is 1.75. The van der Waals surface area contributed by atoms with Crippen LogP contribution in [-0.4, -0.2) is 16.3 Å². The van der Waals surface area contributed by atoms with E-state index in [-0.39, 0.29) is 0 Å². The van der Waals surface area contributed by atoms with Gasteiger partial charge in [0.2, 0.25) is 0 Å². The summed E-state index contributed by atoms with van der Waals surface area (Å²) in [5.41, 5.74) is 8.36. The molecule has 1 aliphatic carbocycles. The van der Waals surface area contributed by atoms with Gasteiger partial charge in [-0.1, -0.05) is 0 Å². The molecule has 3 nitrogen and oxygen atoms in total. The highest BCUT2D eigenvalue weighted by molar-refractivity contribution is 5.25. The van der Waals surface area contributed by atoms with Gasteiger partial charge in [0.25, 0.3) is 0 Å². The molecule has 1 aromatic heterocycles. The monoisotopic (exact) mass is 179 g/mol. The summed E-state index contributed by atoms with van der Waals surface area (Å²) in [6, 6.07) is 0. The number of aryl methyl sites for hydroxylation is 2. The third-order valence-electron chi connectivity index (χ3n) is 2.68. The SMILES string of the molecule is Cn1ncc(CCCN)c1C1CC1. The Kier molecular flexibility index (Phi) is 2.36. The van der Waals surface area contributed by atoms with Crippen molar-refractivity contribution in [3.05, 3.63) is 17.5 Å². The van der Waals surface area contributed by atoms with Crippen molar-refractivity contribution in [2.24, 2.45) is 12.8 Å². The Balaban J connectivity index is 2.13. The molecule has 0 aliphatic heterocycles. The van der Waals surface area contributed by atoms with Crippen LogP contribution in [0.4, 0.5) is 0 Å². The summed E-state index contributed by atoms with van der Waals surface area (Å²) in [6.07, 6.45) is 6.86. The molecular formula is C10H17N3. The van der Waals surface area contributed by atoms with Crippen LogP contribution < -0.4 is 5.73 Å². The zero-order valence-corrected chi connectivity index (χ0v) is 8.16. The van der Waals surface area contributed by atoms with Crippen LogP contribution in [-0.2, 0) is 13.5 Å². The Morgan fingerprint density at radius 1 is 1.62 bits per heavy atom. The van der Waals surface area contributed by atoms with Gasteiger partial charge in [0.15, 0.2) is 0 Å². The molecule has 72 valence electrons. The van der Waals surface area contributed by atoms with Crippen molar-refractivity contribution in [1.29, 1.82) is 0 Å². The predicted molar refractivity (Wildman–Crippen MR) is 52.6 cm³/mol. The lowest BCUT2D eigenvalue weighted by molar-refractivity contribution is 0.706. The molecule has 2 N–H and O–H groups in total. The molecule has 1 fully saturated rings. The molecule has 2 rings (SSSR count). The highest BCUT2D eigenvalue weighted by Gasteiger charge is 2.28. The summed E-state index contributed by atoms with van der Waals surface area (Å²) >= 11 is 0. The van der Waals surface area contributed by atoms with E-state index in [1.165, 1.54) is 24.1 Å². The highest BCUT2D eigenvalue weighted by Crippen LogP contribution is 2.41. The van der Waals surface area contributed by atoms with E-state index >= 15 is 0 Å². The lowest BCUT2D eigenvalue weighted by atomic mass is 10.1. The van der Waals surface area contributed by atoms with Crippen LogP contribution >= 0.6 is 0 Å². The molecule has 0 saturated heterocycles. The maximum atomic E-state index is 5.50. The standard InChI is InChI=1S/C10H17N3/c1-13-10(8-4-5-8)9(7-12-13)3-2-6-11/h7-8H,2-6,11H2,1H3. The van der Waals surface area contributed by atoms with E-state index < -0.39 is 0 Å². The second kappa shape index (κ2) is 3.50. The molecular weight excluding hydrogens is 162 g/mol. The van der Waals surface area contributed by atoms with Crippen molar-refractivity contribution < 1.29 is 0 Å². The molecule has 0 aromatic carbocycles. The molecule has 3 heteroatoms. The van der Waals surface area contributed by atoms with Crippen LogP contribution in [0.5, 0.6) is 0 Å². The first kappa shape index (κ1) is 8.75. The van der Waals surface area contributed by atoms with Gasteiger partial charge in [-0.25, -0.2) is 0 Å². The van der Waals surface area contributed by atoms with Crippen LogP contribution in [0.25, 0.3) is 0 Å². The van der Waals surface area contributed by atoms with Crippen molar-refractivity contribution in [2.45, 2.75) is 31.6 Å². The van der Waals surface area contributed by atoms with E-state index in [1.54, 1.807) is 0 Å². The Morgan fingerprint density at radius 2 is 2.38 bits per heavy atom. The van der Waals surface area contributed by atoms with Crippen LogP contribution in [0.1, 0.15) is 36.4 Å². The third-order valence-corrected chi connectivity index (χ3v) is 2.68. The summed E-state index contributed by atoms with van der Waals surface area (Å²) in [6.45, 7) is 0.777. The first-order valence-corrected chi connectivity index (χ1v) is 5.03. The summed E-state index contributed by atoms with van der Waals surface area (Å²) in [7, 11) is 2.04. The number of nitrogens with two attached hydrogens (primary N) is 1. The summed E-state index contributed by atoms with van der Waals surface area (Å²) in [4.78, 5) is 0. The van der Waals surface area contributed by atoms with Crippen molar-refractivity contribution in [2.75, 3.05) is 6.54 Å². The van der Waals surface area contributed by atoms with Gasteiger partial charge >= 0.3 is 0 Å².